The van der Waals surface area contributed by atoms with E-state index in [1.807, 2.05) is 0 Å². The van der Waals surface area contributed by atoms with Crippen LogP contribution in [0.15, 0.2) is 53.1 Å². The normalized spacial score (nSPS) is 11.5. The first kappa shape index (κ1) is 17.7. The number of ether oxygens (including phenoxy) is 1. The van der Waals surface area contributed by atoms with Gasteiger partial charge in [-0.15, -0.1) is 13.2 Å². The van der Waals surface area contributed by atoms with Crippen LogP contribution in [0.1, 0.15) is 15.9 Å². The maximum atomic E-state index is 12.6. The number of furan rings is 1. The molecule has 0 aliphatic carbocycles. The van der Waals surface area contributed by atoms with Crippen molar-refractivity contribution in [2.75, 3.05) is 7.05 Å². The number of nitrogens with zero attached hydrogens (tertiary/aromatic N) is 1. The number of rotatable bonds is 4. The number of amides is 1. The number of para-hydroxylation sites is 1. The van der Waals surface area contributed by atoms with Gasteiger partial charge in [0.05, 0.1) is 5.56 Å². The van der Waals surface area contributed by atoms with Crippen LogP contribution in [0.25, 0.3) is 11.0 Å². The summed E-state index contributed by atoms with van der Waals surface area (Å²) in [7, 11) is 1.46. The zero-order valence-corrected chi connectivity index (χ0v) is 13.6. The Morgan fingerprint density at radius 2 is 1.96 bits per heavy atom. The Bertz CT molecular complexity index is 949. The number of hydrogen-bond donors (Lipinski definition) is 1. The molecule has 1 amide bonds. The lowest BCUT2D eigenvalue weighted by molar-refractivity contribution is -0.275. The van der Waals surface area contributed by atoms with Crippen LogP contribution in [0.2, 0.25) is 0 Å². The molecule has 3 rings (SSSR count). The van der Waals surface area contributed by atoms with Gasteiger partial charge >= 0.3 is 6.36 Å². The number of phenolic OH excluding ortho intramolecular Hbond substituents is 1. The molecule has 0 radical (unpaired) electrons. The van der Waals surface area contributed by atoms with Crippen molar-refractivity contribution in [2.24, 2.45) is 0 Å². The quantitative estimate of drug-likeness (QED) is 0.748. The molecule has 0 aliphatic heterocycles. The Balaban J connectivity index is 1.84. The van der Waals surface area contributed by atoms with E-state index in [2.05, 4.69) is 4.74 Å². The fourth-order valence-corrected chi connectivity index (χ4v) is 2.57. The molecule has 136 valence electrons. The summed E-state index contributed by atoms with van der Waals surface area (Å²) in [6.45, 7) is -0.0875. The number of alkyl halides is 3. The van der Waals surface area contributed by atoms with Crippen molar-refractivity contribution in [3.8, 4) is 11.5 Å². The second-order valence-electron chi connectivity index (χ2n) is 5.65. The molecule has 2 aromatic carbocycles. The van der Waals surface area contributed by atoms with Gasteiger partial charge in [0.25, 0.3) is 5.91 Å². The largest absolute Gasteiger partial charge is 0.573 e. The van der Waals surface area contributed by atoms with Gasteiger partial charge in [-0.2, -0.15) is 0 Å². The van der Waals surface area contributed by atoms with Crippen molar-refractivity contribution in [1.82, 2.24) is 4.90 Å². The molecular formula is C18H14F3NO4. The number of carbonyl (C=O) groups excluding carboxylic acids is 1. The number of benzene rings is 2. The molecule has 26 heavy (non-hydrogen) atoms. The highest BCUT2D eigenvalue weighted by molar-refractivity contribution is 6.06. The summed E-state index contributed by atoms with van der Waals surface area (Å²) < 4.78 is 46.8. The lowest BCUT2D eigenvalue weighted by atomic mass is 10.1. The third kappa shape index (κ3) is 3.74. The van der Waals surface area contributed by atoms with Gasteiger partial charge in [0.2, 0.25) is 0 Å². The van der Waals surface area contributed by atoms with Crippen LogP contribution >= 0.6 is 0 Å². The Kier molecular flexibility index (Phi) is 4.50. The van der Waals surface area contributed by atoms with Crippen LogP contribution in [0, 0.1) is 0 Å². The van der Waals surface area contributed by atoms with Gasteiger partial charge in [0.15, 0.2) is 0 Å². The molecule has 0 spiro atoms. The van der Waals surface area contributed by atoms with E-state index >= 15 is 0 Å². The number of fused-ring (bicyclic) bond motifs is 1. The van der Waals surface area contributed by atoms with E-state index < -0.39 is 12.3 Å². The number of halogens is 3. The molecule has 1 N–H and O–H groups in total. The minimum atomic E-state index is -4.82. The van der Waals surface area contributed by atoms with E-state index in [0.29, 0.717) is 11.0 Å². The topological polar surface area (TPSA) is 62.9 Å². The average Bonchev–Trinajstić information content (AvgIpc) is 2.97. The molecule has 0 fully saturated rings. The van der Waals surface area contributed by atoms with Gasteiger partial charge in [0, 0.05) is 30.6 Å². The van der Waals surface area contributed by atoms with Gasteiger partial charge in [-0.25, -0.2) is 0 Å². The van der Waals surface area contributed by atoms with E-state index in [1.54, 1.807) is 6.07 Å². The van der Waals surface area contributed by atoms with Crippen molar-refractivity contribution in [3.63, 3.8) is 0 Å². The van der Waals surface area contributed by atoms with Gasteiger partial charge in [-0.1, -0.05) is 18.2 Å². The van der Waals surface area contributed by atoms with E-state index in [-0.39, 0.29) is 29.2 Å². The molecule has 0 aliphatic rings. The summed E-state index contributed by atoms with van der Waals surface area (Å²) in [5.74, 6) is -0.796. The lowest BCUT2D eigenvalue weighted by Crippen LogP contribution is -2.27. The average molecular weight is 365 g/mol. The molecule has 0 saturated carbocycles. The van der Waals surface area contributed by atoms with Crippen LogP contribution in [-0.2, 0) is 6.54 Å². The summed E-state index contributed by atoms with van der Waals surface area (Å²) >= 11 is 0. The molecule has 0 unspecified atom stereocenters. The molecular weight excluding hydrogens is 351 g/mol. The summed E-state index contributed by atoms with van der Waals surface area (Å²) in [5, 5.41) is 9.94. The zero-order valence-electron chi connectivity index (χ0n) is 13.6. The molecule has 1 heterocycles. The zero-order chi connectivity index (χ0) is 18.9. The lowest BCUT2D eigenvalue weighted by Gasteiger charge is -2.19. The first-order valence-electron chi connectivity index (χ1n) is 7.54. The summed E-state index contributed by atoms with van der Waals surface area (Å²) in [6.07, 6.45) is -3.57. The number of carbonyl (C=O) groups is 1. The second kappa shape index (κ2) is 6.62. The SMILES string of the molecule is CN(Cc1ccccc1OC(F)(F)F)C(=O)c1coc2cc(O)ccc12. The molecule has 3 aromatic rings. The van der Waals surface area contributed by atoms with Crippen LogP contribution in [0.4, 0.5) is 13.2 Å². The van der Waals surface area contributed by atoms with Crippen LogP contribution in [-0.4, -0.2) is 29.3 Å². The summed E-state index contributed by atoms with van der Waals surface area (Å²) in [4.78, 5) is 13.9. The highest BCUT2D eigenvalue weighted by Gasteiger charge is 2.32. The standard InChI is InChI=1S/C18H14F3NO4/c1-22(9-11-4-2-3-5-15(11)26-18(19,20)21)17(24)14-10-25-16-8-12(23)6-7-13(14)16/h2-8,10,23H,9H2,1H3. The minimum Gasteiger partial charge on any atom is -0.508 e. The highest BCUT2D eigenvalue weighted by Crippen LogP contribution is 2.29. The Labute approximate surface area is 146 Å². The predicted octanol–water partition coefficient (Wildman–Crippen LogP) is 4.31. The van der Waals surface area contributed by atoms with Gasteiger partial charge in [0.1, 0.15) is 23.3 Å². The van der Waals surface area contributed by atoms with E-state index in [1.165, 1.54) is 54.6 Å². The number of hydrogen-bond acceptors (Lipinski definition) is 4. The smallest absolute Gasteiger partial charge is 0.508 e. The van der Waals surface area contributed by atoms with Crippen molar-refractivity contribution in [2.45, 2.75) is 12.9 Å². The number of aromatic hydroxyl groups is 1. The predicted molar refractivity (Wildman–Crippen MR) is 86.8 cm³/mol. The third-order valence-electron chi connectivity index (χ3n) is 3.74. The van der Waals surface area contributed by atoms with E-state index in [9.17, 15) is 23.1 Å². The molecule has 8 heteroatoms. The maximum Gasteiger partial charge on any atom is 0.573 e. The van der Waals surface area contributed by atoms with Crippen molar-refractivity contribution >= 4 is 16.9 Å². The first-order valence-corrected chi connectivity index (χ1v) is 7.54. The first-order chi connectivity index (χ1) is 12.2. The monoisotopic (exact) mass is 365 g/mol. The van der Waals surface area contributed by atoms with Crippen molar-refractivity contribution in [3.05, 3.63) is 59.9 Å². The fourth-order valence-electron chi connectivity index (χ4n) is 2.57. The van der Waals surface area contributed by atoms with E-state index in [4.69, 9.17) is 4.42 Å². The molecule has 0 bridgehead atoms. The van der Waals surface area contributed by atoms with Gasteiger partial charge < -0.3 is 19.2 Å². The Hall–Kier alpha value is -3.16. The van der Waals surface area contributed by atoms with Gasteiger partial charge in [-0.3, -0.25) is 4.79 Å². The molecule has 1 aromatic heterocycles. The third-order valence-corrected chi connectivity index (χ3v) is 3.74. The highest BCUT2D eigenvalue weighted by atomic mass is 19.4. The molecule has 0 atom stereocenters. The minimum absolute atomic E-state index is 0.00238. The van der Waals surface area contributed by atoms with E-state index in [0.717, 1.165) is 0 Å². The Morgan fingerprint density at radius 3 is 2.69 bits per heavy atom. The number of phenols is 1. The second-order valence-corrected chi connectivity index (χ2v) is 5.65. The summed E-state index contributed by atoms with van der Waals surface area (Å²) in [5.41, 5.74) is 0.797. The molecule has 5 nitrogen and oxygen atoms in total. The van der Waals surface area contributed by atoms with Gasteiger partial charge in [-0.05, 0) is 18.2 Å². The van der Waals surface area contributed by atoms with Crippen molar-refractivity contribution in [1.29, 1.82) is 0 Å². The fraction of sp³-hybridized carbons (Fsp3) is 0.167. The Morgan fingerprint density at radius 1 is 1.23 bits per heavy atom. The van der Waals surface area contributed by atoms with Crippen LogP contribution in [0.3, 0.4) is 0 Å². The van der Waals surface area contributed by atoms with Crippen LogP contribution < -0.4 is 4.74 Å². The van der Waals surface area contributed by atoms with Crippen molar-refractivity contribution < 1.29 is 32.2 Å². The molecule has 0 saturated heterocycles. The van der Waals surface area contributed by atoms with Crippen LogP contribution in [0.5, 0.6) is 11.5 Å². The maximum absolute atomic E-state index is 12.6. The summed E-state index contributed by atoms with van der Waals surface area (Å²) in [6, 6.07) is 9.96.